The van der Waals surface area contributed by atoms with Crippen molar-refractivity contribution in [2.75, 3.05) is 13.1 Å². The first-order valence-corrected chi connectivity index (χ1v) is 11.5. The van der Waals surface area contributed by atoms with Gasteiger partial charge < -0.3 is 10.2 Å². The van der Waals surface area contributed by atoms with Crippen LogP contribution in [0, 0.1) is 34.5 Å². The van der Waals surface area contributed by atoms with Crippen LogP contribution >= 0.6 is 0 Å². The van der Waals surface area contributed by atoms with Crippen LogP contribution in [0.3, 0.4) is 0 Å². The number of carbonyl (C=O) groups excluding carboxylic acids is 2. The SMILES string of the molecule is C[C@]12CCC(=NOC3CCNC3)CC1C(=O)CC1C2CC[C@]2(C)C(=O)[C@H](F)CC12. The number of fused-ring (bicyclic) bond motifs is 5. The second-order valence-corrected chi connectivity index (χ2v) is 10.7. The summed E-state index contributed by atoms with van der Waals surface area (Å²) in [5.74, 6) is 0.664. The number of nitrogens with one attached hydrogen (secondary N) is 1. The van der Waals surface area contributed by atoms with Gasteiger partial charge in [-0.05, 0) is 68.2 Å². The second kappa shape index (κ2) is 6.86. The summed E-state index contributed by atoms with van der Waals surface area (Å²) >= 11 is 0. The van der Waals surface area contributed by atoms with E-state index in [1.54, 1.807) is 0 Å². The Bertz CT molecular complexity index is 748. The molecular weight excluding hydrogens is 371 g/mol. The normalized spacial score (nSPS) is 50.9. The quantitative estimate of drug-likeness (QED) is 0.716. The molecule has 4 saturated carbocycles. The third-order valence-corrected chi connectivity index (χ3v) is 9.34. The molecule has 29 heavy (non-hydrogen) atoms. The number of carbonyl (C=O) groups is 2. The van der Waals surface area contributed by atoms with E-state index in [2.05, 4.69) is 17.4 Å². The van der Waals surface area contributed by atoms with Crippen LogP contribution in [0.1, 0.15) is 65.2 Å². The average molecular weight is 405 g/mol. The molecule has 0 aromatic carbocycles. The summed E-state index contributed by atoms with van der Waals surface area (Å²) < 4.78 is 14.3. The first-order valence-electron chi connectivity index (χ1n) is 11.5. The number of Topliss-reactive ketones (excluding diaryl/α,β-unsaturated/α-hetero) is 2. The Hall–Kier alpha value is -1.30. The summed E-state index contributed by atoms with van der Waals surface area (Å²) in [6.07, 6.45) is 4.83. The van der Waals surface area contributed by atoms with Gasteiger partial charge in [-0.1, -0.05) is 19.0 Å². The Morgan fingerprint density at radius 1 is 1.14 bits per heavy atom. The number of nitrogens with zero attached hydrogens (tertiary/aromatic N) is 1. The molecule has 8 atom stereocenters. The summed E-state index contributed by atoms with van der Waals surface area (Å²) in [5.41, 5.74) is 0.396. The van der Waals surface area contributed by atoms with Crippen molar-refractivity contribution < 1.29 is 18.8 Å². The van der Waals surface area contributed by atoms with Crippen LogP contribution in [-0.2, 0) is 14.4 Å². The maximum absolute atomic E-state index is 14.3. The lowest BCUT2D eigenvalue weighted by Gasteiger charge is -2.58. The zero-order valence-electron chi connectivity index (χ0n) is 17.6. The van der Waals surface area contributed by atoms with E-state index in [9.17, 15) is 14.0 Å². The highest BCUT2D eigenvalue weighted by Gasteiger charge is 2.64. The van der Waals surface area contributed by atoms with Gasteiger partial charge in [-0.15, -0.1) is 0 Å². The molecule has 5 nitrogen and oxygen atoms in total. The Kier molecular flexibility index (Phi) is 4.65. The van der Waals surface area contributed by atoms with Gasteiger partial charge in [0.1, 0.15) is 11.9 Å². The lowest BCUT2D eigenvalue weighted by molar-refractivity contribution is -0.152. The van der Waals surface area contributed by atoms with E-state index in [1.165, 1.54) is 0 Å². The number of oxime groups is 1. The van der Waals surface area contributed by atoms with Gasteiger partial charge in [0.25, 0.3) is 0 Å². The van der Waals surface area contributed by atoms with Crippen molar-refractivity contribution in [1.82, 2.24) is 5.32 Å². The highest BCUT2D eigenvalue weighted by molar-refractivity contribution is 5.94. The highest BCUT2D eigenvalue weighted by atomic mass is 19.1. The van der Waals surface area contributed by atoms with Crippen LogP contribution in [0.4, 0.5) is 4.39 Å². The molecule has 160 valence electrons. The molecule has 6 heteroatoms. The lowest BCUT2D eigenvalue weighted by Crippen LogP contribution is -2.56. The van der Waals surface area contributed by atoms with Crippen molar-refractivity contribution in [2.45, 2.75) is 77.5 Å². The van der Waals surface area contributed by atoms with E-state index in [-0.39, 0.29) is 35.1 Å². The third-order valence-electron chi connectivity index (χ3n) is 9.34. The molecule has 0 amide bonds. The van der Waals surface area contributed by atoms with E-state index in [4.69, 9.17) is 4.84 Å². The minimum Gasteiger partial charge on any atom is -0.391 e. The zero-order valence-corrected chi connectivity index (χ0v) is 17.6. The molecule has 0 bridgehead atoms. The average Bonchev–Trinajstić information content (AvgIpc) is 3.29. The minimum atomic E-state index is -1.34. The minimum absolute atomic E-state index is 0.0100. The zero-order chi connectivity index (χ0) is 20.4. The van der Waals surface area contributed by atoms with E-state index in [0.29, 0.717) is 31.0 Å². The third kappa shape index (κ3) is 2.92. The van der Waals surface area contributed by atoms with Gasteiger partial charge in [-0.25, -0.2) is 4.39 Å². The van der Waals surface area contributed by atoms with Crippen molar-refractivity contribution in [2.24, 2.45) is 39.7 Å². The molecule has 4 aliphatic carbocycles. The summed E-state index contributed by atoms with van der Waals surface area (Å²) in [5, 5.41) is 7.72. The summed E-state index contributed by atoms with van der Waals surface area (Å²) in [4.78, 5) is 31.5. The summed E-state index contributed by atoms with van der Waals surface area (Å²) in [6.45, 7) is 6.04. The molecule has 5 fully saturated rings. The molecule has 5 rings (SSSR count). The Balaban J connectivity index is 1.36. The number of hydrogen-bond acceptors (Lipinski definition) is 5. The second-order valence-electron chi connectivity index (χ2n) is 10.7. The predicted molar refractivity (Wildman–Crippen MR) is 107 cm³/mol. The van der Waals surface area contributed by atoms with Crippen LogP contribution in [0.2, 0.25) is 0 Å². The molecular formula is C23H33FN2O3. The van der Waals surface area contributed by atoms with Crippen molar-refractivity contribution >= 4 is 17.3 Å². The topological polar surface area (TPSA) is 67.8 Å². The summed E-state index contributed by atoms with van der Waals surface area (Å²) in [7, 11) is 0. The smallest absolute Gasteiger partial charge is 0.173 e. The maximum atomic E-state index is 14.3. The number of halogens is 1. The van der Waals surface area contributed by atoms with Crippen molar-refractivity contribution in [3.05, 3.63) is 0 Å². The molecule has 1 aliphatic heterocycles. The van der Waals surface area contributed by atoms with Gasteiger partial charge >= 0.3 is 0 Å². The molecule has 5 unspecified atom stereocenters. The van der Waals surface area contributed by atoms with Gasteiger partial charge in [0.15, 0.2) is 12.0 Å². The van der Waals surface area contributed by atoms with Crippen LogP contribution in [-0.4, -0.2) is 42.6 Å². The fourth-order valence-electron chi connectivity index (χ4n) is 7.55. The van der Waals surface area contributed by atoms with Crippen LogP contribution in [0.15, 0.2) is 5.16 Å². The van der Waals surface area contributed by atoms with E-state index >= 15 is 0 Å². The highest BCUT2D eigenvalue weighted by Crippen LogP contribution is 2.64. The van der Waals surface area contributed by atoms with Gasteiger partial charge in [0, 0.05) is 30.7 Å². The van der Waals surface area contributed by atoms with Crippen LogP contribution < -0.4 is 5.32 Å². The van der Waals surface area contributed by atoms with Crippen molar-refractivity contribution in [1.29, 1.82) is 0 Å². The largest absolute Gasteiger partial charge is 0.391 e. The van der Waals surface area contributed by atoms with E-state index in [1.807, 2.05) is 6.92 Å². The molecule has 1 N–H and O–H groups in total. The molecule has 5 aliphatic rings. The fourth-order valence-corrected chi connectivity index (χ4v) is 7.55. The lowest BCUT2D eigenvalue weighted by atomic mass is 9.45. The van der Waals surface area contributed by atoms with Gasteiger partial charge in [0.2, 0.25) is 0 Å². The standard InChI is InChI=1S/C23H33FN2O3/c1-22-6-3-13(26-29-14-5-8-25-12-14)9-18(22)20(27)10-15-16(22)4-7-23(2)17(15)11-19(24)21(23)28/h14-19,25H,3-12H2,1-2H3/t14?,15?,16?,17?,18?,19-,22-,23+/m1/s1. The van der Waals surface area contributed by atoms with Gasteiger partial charge in [-0.3, -0.25) is 9.59 Å². The van der Waals surface area contributed by atoms with Crippen LogP contribution in [0.25, 0.3) is 0 Å². The van der Waals surface area contributed by atoms with E-state index < -0.39 is 11.6 Å². The molecule has 1 heterocycles. The number of hydrogen-bond donors (Lipinski definition) is 1. The first-order chi connectivity index (χ1) is 13.8. The van der Waals surface area contributed by atoms with Gasteiger partial charge in [0.05, 0.1) is 5.71 Å². The molecule has 0 aromatic rings. The van der Waals surface area contributed by atoms with Crippen LogP contribution in [0.5, 0.6) is 0 Å². The molecule has 0 spiro atoms. The maximum Gasteiger partial charge on any atom is 0.173 e. The number of alkyl halides is 1. The van der Waals surface area contributed by atoms with E-state index in [0.717, 1.165) is 50.9 Å². The van der Waals surface area contributed by atoms with Gasteiger partial charge in [-0.2, -0.15) is 0 Å². The number of rotatable bonds is 2. The molecule has 0 aromatic heterocycles. The molecule has 0 radical (unpaired) electrons. The van der Waals surface area contributed by atoms with Crippen molar-refractivity contribution in [3.8, 4) is 0 Å². The van der Waals surface area contributed by atoms with Crippen molar-refractivity contribution in [3.63, 3.8) is 0 Å². The summed E-state index contributed by atoms with van der Waals surface area (Å²) in [6, 6.07) is 0. The Labute approximate surface area is 172 Å². The first kappa shape index (κ1) is 19.7. The predicted octanol–water partition coefficient (Wildman–Crippen LogP) is 3.46. The monoisotopic (exact) mass is 404 g/mol. The fraction of sp³-hybridized carbons (Fsp3) is 0.870. The molecule has 1 saturated heterocycles. The number of ketones is 2. The Morgan fingerprint density at radius 3 is 2.72 bits per heavy atom. The Morgan fingerprint density at radius 2 is 1.97 bits per heavy atom.